The molecule has 4 nitrogen and oxygen atoms in total. The van der Waals surface area contributed by atoms with Gasteiger partial charge in [0.1, 0.15) is 11.5 Å². The van der Waals surface area contributed by atoms with E-state index in [0.717, 1.165) is 64.8 Å². The number of hydrogen-bond donors (Lipinski definition) is 0. The van der Waals surface area contributed by atoms with Crippen LogP contribution >= 0.6 is 11.8 Å². The fourth-order valence-electron chi connectivity index (χ4n) is 3.28. The van der Waals surface area contributed by atoms with E-state index in [9.17, 15) is 0 Å². The van der Waals surface area contributed by atoms with Gasteiger partial charge in [0.05, 0.1) is 18.8 Å². The molecule has 1 heterocycles. The molecule has 1 aliphatic heterocycles. The first kappa shape index (κ1) is 24.7. The maximum Gasteiger partial charge on any atom is 0.136 e. The van der Waals surface area contributed by atoms with Crippen molar-refractivity contribution in [1.29, 1.82) is 0 Å². The van der Waals surface area contributed by atoms with Crippen molar-refractivity contribution in [2.45, 2.75) is 94.4 Å². The van der Waals surface area contributed by atoms with Crippen molar-refractivity contribution in [3.63, 3.8) is 0 Å². The van der Waals surface area contributed by atoms with E-state index >= 15 is 0 Å². The minimum Gasteiger partial charge on any atom is -0.379 e. The van der Waals surface area contributed by atoms with E-state index in [2.05, 4.69) is 45.0 Å². The van der Waals surface area contributed by atoms with Gasteiger partial charge in [0, 0.05) is 31.1 Å². The normalized spacial score (nSPS) is 24.7. The Morgan fingerprint density at radius 2 is 1.55 bits per heavy atom. The highest BCUT2D eigenvalue weighted by atomic mass is 32.2. The monoisotopic (exact) mass is 424 g/mol. The molecule has 0 radical (unpaired) electrons. The SMILES string of the molecule is CCCCOCC1CC(OCCCC)[C@H](OCCCC)[C@H](Sc2ccccc2)O1. The zero-order valence-corrected chi connectivity index (χ0v) is 19.3. The number of hydrogen-bond acceptors (Lipinski definition) is 5. The summed E-state index contributed by atoms with van der Waals surface area (Å²) in [6.07, 6.45) is 7.50. The zero-order valence-electron chi connectivity index (χ0n) is 18.5. The van der Waals surface area contributed by atoms with Crippen LogP contribution in [-0.2, 0) is 18.9 Å². The minimum absolute atomic E-state index is 0.0470. The Morgan fingerprint density at radius 1 is 0.897 bits per heavy atom. The maximum atomic E-state index is 6.48. The summed E-state index contributed by atoms with van der Waals surface area (Å²) >= 11 is 1.74. The van der Waals surface area contributed by atoms with Crippen molar-refractivity contribution in [3.05, 3.63) is 30.3 Å². The van der Waals surface area contributed by atoms with Gasteiger partial charge in [-0.1, -0.05) is 70.0 Å². The summed E-state index contributed by atoms with van der Waals surface area (Å²) < 4.78 is 25.0. The number of thioether (sulfide) groups is 1. The fraction of sp³-hybridized carbons (Fsp3) is 0.750. The van der Waals surface area contributed by atoms with Gasteiger partial charge in [-0.05, 0) is 31.4 Å². The van der Waals surface area contributed by atoms with Crippen molar-refractivity contribution in [2.24, 2.45) is 0 Å². The van der Waals surface area contributed by atoms with Crippen LogP contribution in [0.5, 0.6) is 0 Å². The van der Waals surface area contributed by atoms with Crippen LogP contribution < -0.4 is 0 Å². The van der Waals surface area contributed by atoms with Gasteiger partial charge in [0.15, 0.2) is 0 Å². The van der Waals surface area contributed by atoms with E-state index in [0.29, 0.717) is 6.61 Å². The van der Waals surface area contributed by atoms with Crippen LogP contribution in [0.2, 0.25) is 0 Å². The predicted molar refractivity (Wildman–Crippen MR) is 121 cm³/mol. The van der Waals surface area contributed by atoms with E-state index in [1.165, 1.54) is 4.90 Å². The van der Waals surface area contributed by atoms with Crippen molar-refractivity contribution < 1.29 is 18.9 Å². The molecule has 0 N–H and O–H groups in total. The molecule has 1 aromatic carbocycles. The van der Waals surface area contributed by atoms with Gasteiger partial charge in [-0.15, -0.1) is 0 Å². The van der Waals surface area contributed by atoms with Crippen LogP contribution in [0, 0.1) is 0 Å². The number of rotatable bonds is 15. The summed E-state index contributed by atoms with van der Waals surface area (Å²) in [5, 5.41) is 0. The van der Waals surface area contributed by atoms with Gasteiger partial charge in [-0.3, -0.25) is 0 Å². The highest BCUT2D eigenvalue weighted by Crippen LogP contribution is 2.36. The molecule has 0 spiro atoms. The summed E-state index contributed by atoms with van der Waals surface area (Å²) in [5.41, 5.74) is -0.0885. The Kier molecular flexibility index (Phi) is 13.0. The lowest BCUT2D eigenvalue weighted by Crippen LogP contribution is -2.50. The highest BCUT2D eigenvalue weighted by molar-refractivity contribution is 7.99. The third-order valence-corrected chi connectivity index (χ3v) is 6.19. The summed E-state index contributed by atoms with van der Waals surface area (Å²) in [5.74, 6) is 0. The Bertz CT molecular complexity index is 513. The molecule has 2 unspecified atom stereocenters. The van der Waals surface area contributed by atoms with Crippen molar-refractivity contribution >= 4 is 11.8 Å². The smallest absolute Gasteiger partial charge is 0.136 e. The Hall–Kier alpha value is -0.590. The van der Waals surface area contributed by atoms with E-state index in [4.69, 9.17) is 18.9 Å². The molecule has 0 aliphatic carbocycles. The lowest BCUT2D eigenvalue weighted by molar-refractivity contribution is -0.185. The first-order valence-corrected chi connectivity index (χ1v) is 12.3. The van der Waals surface area contributed by atoms with Gasteiger partial charge >= 0.3 is 0 Å². The van der Waals surface area contributed by atoms with Crippen LogP contribution in [0.25, 0.3) is 0 Å². The van der Waals surface area contributed by atoms with Gasteiger partial charge in [0.25, 0.3) is 0 Å². The average molecular weight is 425 g/mol. The molecule has 0 aromatic heterocycles. The number of ether oxygens (including phenoxy) is 4. The lowest BCUT2D eigenvalue weighted by atomic mass is 10.0. The topological polar surface area (TPSA) is 36.9 Å². The van der Waals surface area contributed by atoms with Gasteiger partial charge < -0.3 is 18.9 Å². The summed E-state index contributed by atoms with van der Waals surface area (Å²) in [6.45, 7) is 9.52. The van der Waals surface area contributed by atoms with Crippen LogP contribution in [0.4, 0.5) is 0 Å². The Labute approximate surface area is 182 Å². The van der Waals surface area contributed by atoms with E-state index in [1.807, 2.05) is 6.07 Å². The van der Waals surface area contributed by atoms with Gasteiger partial charge in [0.2, 0.25) is 0 Å². The highest BCUT2D eigenvalue weighted by Gasteiger charge is 2.41. The minimum atomic E-state index is -0.0885. The third kappa shape index (κ3) is 9.39. The second-order valence-electron chi connectivity index (χ2n) is 7.67. The molecule has 0 bridgehead atoms. The van der Waals surface area contributed by atoms with Crippen molar-refractivity contribution in [2.75, 3.05) is 26.4 Å². The molecule has 0 amide bonds. The Morgan fingerprint density at radius 3 is 2.24 bits per heavy atom. The molecule has 29 heavy (non-hydrogen) atoms. The molecule has 4 atom stereocenters. The van der Waals surface area contributed by atoms with Crippen molar-refractivity contribution in [1.82, 2.24) is 0 Å². The Balaban J connectivity index is 2.06. The lowest BCUT2D eigenvalue weighted by Gasteiger charge is -2.41. The first-order chi connectivity index (χ1) is 14.3. The molecular formula is C24H40O4S. The van der Waals surface area contributed by atoms with E-state index in [-0.39, 0.29) is 23.7 Å². The number of benzene rings is 1. The van der Waals surface area contributed by atoms with Gasteiger partial charge in [-0.25, -0.2) is 0 Å². The van der Waals surface area contributed by atoms with Crippen LogP contribution in [0.3, 0.4) is 0 Å². The standard InChI is InChI=1S/C24H40O4S/c1-4-7-15-25-19-20-18-22(26-16-8-5-2)23(27-17-9-6-3)24(28-20)29-21-13-11-10-12-14-21/h10-14,20,22-24H,4-9,15-19H2,1-3H3/t20?,22?,23-,24-/m0/s1. The van der Waals surface area contributed by atoms with Crippen LogP contribution in [-0.4, -0.2) is 50.2 Å². The van der Waals surface area contributed by atoms with E-state index in [1.54, 1.807) is 11.8 Å². The molecule has 1 saturated heterocycles. The fourth-order valence-corrected chi connectivity index (χ4v) is 4.46. The molecular weight excluding hydrogens is 384 g/mol. The van der Waals surface area contributed by atoms with Crippen LogP contribution in [0.1, 0.15) is 65.7 Å². The molecule has 166 valence electrons. The summed E-state index contributed by atoms with van der Waals surface area (Å²) in [7, 11) is 0. The average Bonchev–Trinajstić information content (AvgIpc) is 2.74. The zero-order chi connectivity index (χ0) is 20.7. The second kappa shape index (κ2) is 15.2. The van der Waals surface area contributed by atoms with Crippen LogP contribution in [0.15, 0.2) is 35.2 Å². The summed E-state index contributed by atoms with van der Waals surface area (Å²) in [4.78, 5) is 1.20. The molecule has 1 aromatic rings. The maximum absolute atomic E-state index is 6.48. The predicted octanol–water partition coefficient (Wildman–Crippen LogP) is 6.08. The number of unbranched alkanes of at least 4 members (excludes halogenated alkanes) is 3. The quantitative estimate of drug-likeness (QED) is 0.319. The van der Waals surface area contributed by atoms with Gasteiger partial charge in [-0.2, -0.15) is 0 Å². The van der Waals surface area contributed by atoms with E-state index < -0.39 is 0 Å². The molecule has 2 rings (SSSR count). The molecule has 1 fully saturated rings. The summed E-state index contributed by atoms with van der Waals surface area (Å²) in [6, 6.07) is 10.4. The largest absolute Gasteiger partial charge is 0.379 e. The third-order valence-electron chi connectivity index (χ3n) is 5.04. The van der Waals surface area contributed by atoms with Crippen molar-refractivity contribution in [3.8, 4) is 0 Å². The second-order valence-corrected chi connectivity index (χ2v) is 8.85. The molecule has 1 aliphatic rings. The molecule has 5 heteroatoms. The first-order valence-electron chi connectivity index (χ1n) is 11.5. The molecule has 0 saturated carbocycles.